The number of benzene rings is 1. The molecule has 0 bridgehead atoms. The average molecular weight is 380 g/mol. The van der Waals surface area contributed by atoms with Crippen molar-refractivity contribution < 1.29 is 17.9 Å². The molecule has 2 aromatic rings. The third kappa shape index (κ3) is 3.29. The van der Waals surface area contributed by atoms with Crippen LogP contribution in [0, 0.1) is 6.92 Å². The second kappa shape index (κ2) is 6.78. The predicted molar refractivity (Wildman–Crippen MR) is 97.2 cm³/mol. The summed E-state index contributed by atoms with van der Waals surface area (Å²) in [5, 5.41) is 0.387. The second-order valence-corrected chi connectivity index (χ2v) is 8.94. The number of esters is 1. The molecular formula is C17H20N2O4S2. The fraction of sp³-hybridized carbons (Fsp3) is 0.353. The van der Waals surface area contributed by atoms with Crippen LogP contribution in [0.5, 0.6) is 0 Å². The van der Waals surface area contributed by atoms with Crippen LogP contribution in [0.4, 0.5) is 5.00 Å². The molecule has 0 spiro atoms. The van der Waals surface area contributed by atoms with E-state index in [1.54, 1.807) is 31.2 Å². The molecule has 6 nitrogen and oxygen atoms in total. The van der Waals surface area contributed by atoms with Gasteiger partial charge in [0.1, 0.15) is 5.00 Å². The molecule has 1 aromatic heterocycles. The summed E-state index contributed by atoms with van der Waals surface area (Å²) in [5.74, 6) is -0.438. The smallest absolute Gasteiger partial charge is 0.341 e. The highest BCUT2D eigenvalue weighted by Crippen LogP contribution is 2.37. The van der Waals surface area contributed by atoms with Gasteiger partial charge >= 0.3 is 5.97 Å². The highest BCUT2D eigenvalue weighted by Gasteiger charge is 2.33. The lowest BCUT2D eigenvalue weighted by molar-refractivity contribution is 0.0526. The number of ether oxygens (including phenoxy) is 1. The summed E-state index contributed by atoms with van der Waals surface area (Å²) in [6.07, 6.45) is 0.447. The molecule has 2 N–H and O–H groups in total. The van der Waals surface area contributed by atoms with Crippen molar-refractivity contribution in [2.75, 3.05) is 18.9 Å². The summed E-state index contributed by atoms with van der Waals surface area (Å²) in [6.45, 7) is 4.46. The highest BCUT2D eigenvalue weighted by atomic mass is 32.2. The van der Waals surface area contributed by atoms with Gasteiger partial charge < -0.3 is 10.5 Å². The fourth-order valence-corrected chi connectivity index (χ4v) is 5.51. The van der Waals surface area contributed by atoms with Crippen LogP contribution >= 0.6 is 11.3 Å². The molecule has 0 fully saturated rings. The van der Waals surface area contributed by atoms with Crippen molar-refractivity contribution in [3.63, 3.8) is 0 Å². The first-order chi connectivity index (χ1) is 11.8. The molecule has 0 atom stereocenters. The molecule has 1 aliphatic rings. The number of carbonyl (C=O) groups excluding carboxylic acids is 1. The average Bonchev–Trinajstić information content (AvgIpc) is 2.90. The number of thiophene rings is 1. The monoisotopic (exact) mass is 380 g/mol. The van der Waals surface area contributed by atoms with E-state index < -0.39 is 16.0 Å². The molecule has 25 heavy (non-hydrogen) atoms. The van der Waals surface area contributed by atoms with Crippen LogP contribution in [0.25, 0.3) is 0 Å². The van der Waals surface area contributed by atoms with Crippen LogP contribution in [0.3, 0.4) is 0 Å². The van der Waals surface area contributed by atoms with E-state index in [2.05, 4.69) is 0 Å². The first kappa shape index (κ1) is 17.9. The van der Waals surface area contributed by atoms with Crippen molar-refractivity contribution in [2.24, 2.45) is 0 Å². The van der Waals surface area contributed by atoms with Gasteiger partial charge in [-0.25, -0.2) is 13.2 Å². The van der Waals surface area contributed by atoms with E-state index >= 15 is 0 Å². The molecule has 0 amide bonds. The molecule has 0 aliphatic carbocycles. The van der Waals surface area contributed by atoms with Crippen molar-refractivity contribution in [1.29, 1.82) is 0 Å². The third-order valence-corrected chi connectivity index (χ3v) is 7.09. The molecule has 0 radical (unpaired) electrons. The van der Waals surface area contributed by atoms with Crippen LogP contribution < -0.4 is 5.73 Å². The number of anilines is 1. The number of aryl methyl sites for hydroxylation is 1. The summed E-state index contributed by atoms with van der Waals surface area (Å²) in [6, 6.07) is 6.80. The van der Waals surface area contributed by atoms with Gasteiger partial charge in [-0.15, -0.1) is 11.3 Å². The Balaban J connectivity index is 1.90. The van der Waals surface area contributed by atoms with Crippen molar-refractivity contribution in [2.45, 2.75) is 31.7 Å². The SMILES string of the molecule is CCOC(=O)c1c(N)sc2c1CCN(S(=O)(=O)c1ccc(C)cc1)C2. The molecule has 0 unspecified atom stereocenters. The quantitative estimate of drug-likeness (QED) is 0.824. The molecule has 8 heteroatoms. The largest absolute Gasteiger partial charge is 0.462 e. The Hall–Kier alpha value is -1.90. The van der Waals surface area contributed by atoms with E-state index in [1.165, 1.54) is 15.6 Å². The molecule has 134 valence electrons. The van der Waals surface area contributed by atoms with Gasteiger partial charge in [0.05, 0.1) is 17.1 Å². The number of nitrogen functional groups attached to an aromatic ring is 1. The zero-order chi connectivity index (χ0) is 18.2. The molecule has 3 rings (SSSR count). The van der Waals surface area contributed by atoms with Crippen molar-refractivity contribution >= 4 is 32.3 Å². The van der Waals surface area contributed by atoms with E-state index in [4.69, 9.17) is 10.5 Å². The minimum atomic E-state index is -3.57. The minimum absolute atomic E-state index is 0.222. The second-order valence-electron chi connectivity index (χ2n) is 5.87. The van der Waals surface area contributed by atoms with E-state index in [0.29, 0.717) is 23.5 Å². The van der Waals surface area contributed by atoms with Gasteiger partial charge in [0.25, 0.3) is 0 Å². The lowest BCUT2D eigenvalue weighted by atomic mass is 10.0. The fourth-order valence-electron chi connectivity index (χ4n) is 2.89. The lowest BCUT2D eigenvalue weighted by Crippen LogP contribution is -2.35. The van der Waals surface area contributed by atoms with E-state index in [1.807, 2.05) is 6.92 Å². The summed E-state index contributed by atoms with van der Waals surface area (Å²) in [4.78, 5) is 13.2. The predicted octanol–water partition coefficient (Wildman–Crippen LogP) is 2.56. The third-order valence-electron chi connectivity index (χ3n) is 4.19. The Morgan fingerprint density at radius 1 is 1.32 bits per heavy atom. The highest BCUT2D eigenvalue weighted by molar-refractivity contribution is 7.89. The number of hydrogen-bond donors (Lipinski definition) is 1. The van der Waals surface area contributed by atoms with Crippen LogP contribution in [0.15, 0.2) is 29.2 Å². The minimum Gasteiger partial charge on any atom is -0.462 e. The zero-order valence-electron chi connectivity index (χ0n) is 14.1. The van der Waals surface area contributed by atoms with E-state index in [9.17, 15) is 13.2 Å². The summed E-state index contributed by atoms with van der Waals surface area (Å²) in [7, 11) is -3.57. The van der Waals surface area contributed by atoms with Crippen molar-refractivity contribution in [3.8, 4) is 0 Å². The number of sulfonamides is 1. The normalized spacial score (nSPS) is 15.0. The Kier molecular flexibility index (Phi) is 4.86. The molecule has 1 aromatic carbocycles. The Labute approximate surface area is 151 Å². The van der Waals surface area contributed by atoms with Gasteiger partial charge in [-0.05, 0) is 38.0 Å². The number of fused-ring (bicyclic) bond motifs is 1. The maximum atomic E-state index is 12.8. The summed E-state index contributed by atoms with van der Waals surface area (Å²) in [5.41, 5.74) is 8.20. The first-order valence-corrected chi connectivity index (χ1v) is 10.2. The molecular weight excluding hydrogens is 360 g/mol. The van der Waals surface area contributed by atoms with E-state index in [0.717, 1.165) is 16.0 Å². The first-order valence-electron chi connectivity index (χ1n) is 7.98. The van der Waals surface area contributed by atoms with E-state index in [-0.39, 0.29) is 18.0 Å². The summed E-state index contributed by atoms with van der Waals surface area (Å²) >= 11 is 1.26. The Morgan fingerprint density at radius 3 is 2.64 bits per heavy atom. The van der Waals surface area contributed by atoms with Crippen LogP contribution in [0.2, 0.25) is 0 Å². The van der Waals surface area contributed by atoms with Crippen LogP contribution in [0.1, 0.15) is 33.3 Å². The van der Waals surface area contributed by atoms with Crippen LogP contribution in [-0.2, 0) is 27.7 Å². The van der Waals surface area contributed by atoms with Gasteiger partial charge in [0.15, 0.2) is 0 Å². The van der Waals surface area contributed by atoms with Crippen molar-refractivity contribution in [3.05, 3.63) is 45.8 Å². The lowest BCUT2D eigenvalue weighted by Gasteiger charge is -2.26. The number of nitrogens with two attached hydrogens (primary N) is 1. The van der Waals surface area contributed by atoms with Crippen molar-refractivity contribution in [1.82, 2.24) is 4.31 Å². The van der Waals surface area contributed by atoms with Gasteiger partial charge in [0, 0.05) is 18.0 Å². The number of carbonyl (C=O) groups is 1. The van der Waals surface area contributed by atoms with Gasteiger partial charge in [-0.3, -0.25) is 0 Å². The maximum Gasteiger partial charge on any atom is 0.341 e. The van der Waals surface area contributed by atoms with Gasteiger partial charge in [0.2, 0.25) is 10.0 Å². The Morgan fingerprint density at radius 2 is 2.00 bits per heavy atom. The molecule has 0 saturated heterocycles. The zero-order valence-corrected chi connectivity index (χ0v) is 15.7. The topological polar surface area (TPSA) is 89.7 Å². The maximum absolute atomic E-state index is 12.8. The number of hydrogen-bond acceptors (Lipinski definition) is 6. The van der Waals surface area contributed by atoms with Gasteiger partial charge in [-0.1, -0.05) is 17.7 Å². The standard InChI is InChI=1S/C17H20N2O4S2/c1-3-23-17(20)15-13-8-9-19(10-14(13)24-16(15)18)25(21,22)12-6-4-11(2)5-7-12/h4-7H,3,8-10,18H2,1-2H3. The summed E-state index contributed by atoms with van der Waals surface area (Å²) < 4.78 is 32.2. The van der Waals surface area contributed by atoms with Gasteiger partial charge in [-0.2, -0.15) is 4.31 Å². The number of nitrogens with zero attached hydrogens (tertiary/aromatic N) is 1. The number of rotatable bonds is 4. The molecule has 2 heterocycles. The molecule has 1 aliphatic heterocycles. The Bertz CT molecular complexity index is 901. The molecule has 0 saturated carbocycles. The van der Waals surface area contributed by atoms with Crippen LogP contribution in [-0.4, -0.2) is 31.8 Å².